The summed E-state index contributed by atoms with van der Waals surface area (Å²) in [5.74, 6) is -0.349. The van der Waals surface area contributed by atoms with Crippen molar-refractivity contribution in [1.82, 2.24) is 10.2 Å². The van der Waals surface area contributed by atoms with Crippen LogP contribution in [0.4, 0.5) is 16.2 Å². The van der Waals surface area contributed by atoms with Crippen LogP contribution in [0.1, 0.15) is 57.8 Å². The third-order valence-electron chi connectivity index (χ3n) is 6.39. The first-order valence-electron chi connectivity index (χ1n) is 10.9. The summed E-state index contributed by atoms with van der Waals surface area (Å²) in [4.78, 5) is 41.1. The summed E-state index contributed by atoms with van der Waals surface area (Å²) in [5, 5.41) is 5.85. The topological polar surface area (TPSA) is 81.8 Å². The predicted molar refractivity (Wildman–Crippen MR) is 112 cm³/mol. The van der Waals surface area contributed by atoms with Crippen LogP contribution in [-0.2, 0) is 9.59 Å². The standard InChI is InChI=1S/C22H30N4O3/c27-19(11-16-26-20(28)22(24-21(26)29)12-5-6-13-22)23-17-9-3-4-10-18(17)25-14-7-1-2-8-15-25/h3-4,9-10H,1-2,5-8,11-16H2,(H,23,27)(H,24,29). The molecule has 7 nitrogen and oxygen atoms in total. The fourth-order valence-electron chi connectivity index (χ4n) is 4.79. The third kappa shape index (κ3) is 4.09. The highest BCUT2D eigenvalue weighted by Crippen LogP contribution is 2.35. The van der Waals surface area contributed by atoms with Crippen LogP contribution in [0.5, 0.6) is 0 Å². The summed E-state index contributed by atoms with van der Waals surface area (Å²) in [6.45, 7) is 2.11. The minimum atomic E-state index is -0.715. The van der Waals surface area contributed by atoms with E-state index in [4.69, 9.17) is 0 Å². The molecule has 3 fully saturated rings. The molecule has 0 atom stereocenters. The summed E-state index contributed by atoms with van der Waals surface area (Å²) in [7, 11) is 0. The lowest BCUT2D eigenvalue weighted by atomic mass is 9.98. The van der Waals surface area contributed by atoms with Gasteiger partial charge in [0.2, 0.25) is 5.91 Å². The van der Waals surface area contributed by atoms with Crippen LogP contribution in [0.3, 0.4) is 0 Å². The number of benzene rings is 1. The van der Waals surface area contributed by atoms with Gasteiger partial charge in [0.15, 0.2) is 0 Å². The van der Waals surface area contributed by atoms with E-state index in [1.807, 2.05) is 24.3 Å². The van der Waals surface area contributed by atoms with E-state index in [0.717, 1.165) is 50.1 Å². The minimum Gasteiger partial charge on any atom is -0.370 e. The largest absolute Gasteiger partial charge is 0.370 e. The first kappa shape index (κ1) is 19.7. The summed E-state index contributed by atoms with van der Waals surface area (Å²) < 4.78 is 0. The van der Waals surface area contributed by atoms with Crippen molar-refractivity contribution in [3.05, 3.63) is 24.3 Å². The Morgan fingerprint density at radius 1 is 1.00 bits per heavy atom. The molecule has 1 aromatic carbocycles. The average molecular weight is 399 g/mol. The first-order chi connectivity index (χ1) is 14.1. The molecule has 7 heteroatoms. The van der Waals surface area contributed by atoms with E-state index in [1.165, 1.54) is 17.7 Å². The molecule has 0 aromatic heterocycles. The smallest absolute Gasteiger partial charge is 0.325 e. The Bertz CT molecular complexity index is 780. The van der Waals surface area contributed by atoms with Gasteiger partial charge in [-0.25, -0.2) is 4.79 Å². The number of hydrogen-bond donors (Lipinski definition) is 2. The Labute approximate surface area is 171 Å². The molecule has 2 heterocycles. The van der Waals surface area contributed by atoms with Crippen LogP contribution >= 0.6 is 0 Å². The van der Waals surface area contributed by atoms with Crippen LogP contribution in [0, 0.1) is 0 Å². The number of nitrogens with one attached hydrogen (secondary N) is 2. The van der Waals surface area contributed by atoms with E-state index in [-0.39, 0.29) is 30.8 Å². The zero-order valence-corrected chi connectivity index (χ0v) is 16.9. The summed E-state index contributed by atoms with van der Waals surface area (Å²) in [6, 6.07) is 7.50. The molecule has 4 amide bonds. The molecule has 0 bridgehead atoms. The number of rotatable bonds is 5. The van der Waals surface area contributed by atoms with Gasteiger partial charge in [0.25, 0.3) is 5.91 Å². The number of carbonyl (C=O) groups excluding carboxylic acids is 3. The van der Waals surface area contributed by atoms with Gasteiger partial charge >= 0.3 is 6.03 Å². The Morgan fingerprint density at radius 3 is 2.41 bits per heavy atom. The van der Waals surface area contributed by atoms with E-state index >= 15 is 0 Å². The molecule has 4 rings (SSSR count). The third-order valence-corrected chi connectivity index (χ3v) is 6.39. The minimum absolute atomic E-state index is 0.101. The highest BCUT2D eigenvalue weighted by Gasteiger charge is 2.52. The van der Waals surface area contributed by atoms with Crippen molar-refractivity contribution in [3.63, 3.8) is 0 Å². The normalized spacial score (nSPS) is 21.4. The Hall–Kier alpha value is -2.57. The molecule has 1 spiro atoms. The molecule has 2 N–H and O–H groups in total. The molecule has 29 heavy (non-hydrogen) atoms. The van der Waals surface area contributed by atoms with E-state index in [2.05, 4.69) is 15.5 Å². The van der Waals surface area contributed by atoms with Gasteiger partial charge in [0, 0.05) is 26.1 Å². The second-order valence-corrected chi connectivity index (χ2v) is 8.39. The Kier molecular flexibility index (Phi) is 5.74. The van der Waals surface area contributed by atoms with Crippen LogP contribution < -0.4 is 15.5 Å². The number of anilines is 2. The number of imide groups is 1. The Morgan fingerprint density at radius 2 is 1.69 bits per heavy atom. The highest BCUT2D eigenvalue weighted by atomic mass is 16.2. The lowest BCUT2D eigenvalue weighted by Gasteiger charge is -2.25. The predicted octanol–water partition coefficient (Wildman–Crippen LogP) is 3.26. The zero-order chi connectivity index (χ0) is 20.3. The van der Waals surface area contributed by atoms with Crippen LogP contribution in [0.15, 0.2) is 24.3 Å². The van der Waals surface area contributed by atoms with E-state index in [0.29, 0.717) is 12.8 Å². The quantitative estimate of drug-likeness (QED) is 0.746. The number of hydrogen-bond acceptors (Lipinski definition) is 4. The van der Waals surface area contributed by atoms with Crippen LogP contribution in [0.2, 0.25) is 0 Å². The fraction of sp³-hybridized carbons (Fsp3) is 0.591. The van der Waals surface area contributed by atoms with Gasteiger partial charge in [0.1, 0.15) is 5.54 Å². The lowest BCUT2D eigenvalue weighted by molar-refractivity contribution is -0.131. The monoisotopic (exact) mass is 398 g/mol. The molecular formula is C22H30N4O3. The number of urea groups is 1. The first-order valence-corrected chi connectivity index (χ1v) is 10.9. The van der Waals surface area contributed by atoms with Gasteiger partial charge in [-0.1, -0.05) is 37.8 Å². The van der Waals surface area contributed by atoms with E-state index < -0.39 is 5.54 Å². The van der Waals surface area contributed by atoms with E-state index in [1.54, 1.807) is 0 Å². The van der Waals surface area contributed by atoms with Gasteiger partial charge in [0.05, 0.1) is 11.4 Å². The van der Waals surface area contributed by atoms with Crippen molar-refractivity contribution < 1.29 is 14.4 Å². The molecule has 1 aromatic rings. The van der Waals surface area contributed by atoms with Gasteiger partial charge in [-0.3, -0.25) is 14.5 Å². The molecular weight excluding hydrogens is 368 g/mol. The van der Waals surface area contributed by atoms with Gasteiger partial charge < -0.3 is 15.5 Å². The van der Waals surface area contributed by atoms with Crippen LogP contribution in [-0.4, -0.2) is 47.9 Å². The maximum absolute atomic E-state index is 12.7. The molecule has 0 unspecified atom stereocenters. The van der Waals surface area contributed by atoms with Crippen molar-refractivity contribution in [2.24, 2.45) is 0 Å². The van der Waals surface area contributed by atoms with Gasteiger partial charge in [-0.15, -0.1) is 0 Å². The average Bonchev–Trinajstić information content (AvgIpc) is 3.14. The second-order valence-electron chi connectivity index (χ2n) is 8.39. The van der Waals surface area contributed by atoms with E-state index in [9.17, 15) is 14.4 Å². The number of amides is 4. The van der Waals surface area contributed by atoms with Gasteiger partial charge in [-0.2, -0.15) is 0 Å². The zero-order valence-electron chi connectivity index (χ0n) is 16.9. The lowest BCUT2D eigenvalue weighted by Crippen LogP contribution is -2.44. The molecule has 0 radical (unpaired) electrons. The molecule has 3 aliphatic rings. The summed E-state index contributed by atoms with van der Waals surface area (Å²) in [5.41, 5.74) is 1.12. The number of nitrogens with zero attached hydrogens (tertiary/aromatic N) is 2. The summed E-state index contributed by atoms with van der Waals surface area (Å²) >= 11 is 0. The van der Waals surface area contributed by atoms with Crippen molar-refractivity contribution in [2.45, 2.75) is 63.3 Å². The SMILES string of the molecule is O=C(CCN1C(=O)NC2(CCCC2)C1=O)Nc1ccccc1N1CCCCCC1. The van der Waals surface area contributed by atoms with Crippen molar-refractivity contribution >= 4 is 29.2 Å². The molecule has 2 aliphatic heterocycles. The maximum Gasteiger partial charge on any atom is 0.325 e. The molecule has 1 aliphatic carbocycles. The van der Waals surface area contributed by atoms with Crippen molar-refractivity contribution in [1.29, 1.82) is 0 Å². The van der Waals surface area contributed by atoms with Crippen molar-refractivity contribution in [2.75, 3.05) is 29.9 Å². The summed E-state index contributed by atoms with van der Waals surface area (Å²) in [6.07, 6.45) is 8.22. The molecule has 2 saturated heterocycles. The van der Waals surface area contributed by atoms with Crippen molar-refractivity contribution in [3.8, 4) is 0 Å². The maximum atomic E-state index is 12.7. The highest BCUT2D eigenvalue weighted by molar-refractivity contribution is 6.07. The number of para-hydroxylation sites is 2. The Balaban J connectivity index is 1.37. The fourth-order valence-corrected chi connectivity index (χ4v) is 4.79. The van der Waals surface area contributed by atoms with Gasteiger partial charge in [-0.05, 0) is 37.8 Å². The molecule has 1 saturated carbocycles. The number of carbonyl (C=O) groups is 3. The molecule has 156 valence electrons. The van der Waals surface area contributed by atoms with Crippen LogP contribution in [0.25, 0.3) is 0 Å². The second kappa shape index (κ2) is 8.43.